The first kappa shape index (κ1) is 9.20. The van der Waals surface area contributed by atoms with E-state index in [4.69, 9.17) is 0 Å². The predicted molar refractivity (Wildman–Crippen MR) is 53.5 cm³/mol. The molecule has 2 nitrogen and oxygen atoms in total. The number of likely N-dealkylation sites (N-methyl/N-ethyl adjacent to an activating group) is 1. The number of rotatable bonds is 3. The third-order valence-corrected chi connectivity index (χ3v) is 2.16. The lowest BCUT2D eigenvalue weighted by Crippen LogP contribution is -2.22. The zero-order valence-electron chi connectivity index (χ0n) is 7.61. The van der Waals surface area contributed by atoms with Crippen LogP contribution in [0.25, 0.3) is 0 Å². The maximum absolute atomic E-state index is 4.04. The minimum Gasteiger partial charge on any atom is -0.300 e. The van der Waals surface area contributed by atoms with Gasteiger partial charge in [-0.05, 0) is 32.5 Å². The van der Waals surface area contributed by atoms with Gasteiger partial charge in [0, 0.05) is 18.5 Å². The lowest BCUT2D eigenvalue weighted by molar-refractivity contribution is 0.357. The minimum absolute atomic E-state index is 0.590. The molecule has 0 radical (unpaired) electrons. The Balaban J connectivity index is 2.34. The summed E-state index contributed by atoms with van der Waals surface area (Å²) in [7, 11) is 2.15. The third-order valence-electron chi connectivity index (χ3n) is 2.16. The molecule has 0 bridgehead atoms. The normalized spacial score (nSPS) is 25.9. The molecule has 0 aromatic rings. The largest absolute Gasteiger partial charge is 0.300 e. The lowest BCUT2D eigenvalue weighted by Gasteiger charge is -2.13. The fourth-order valence-corrected chi connectivity index (χ4v) is 1.44. The number of aliphatic imine (C=N–C) groups is 1. The van der Waals surface area contributed by atoms with Crippen molar-refractivity contribution in [3.8, 4) is 0 Å². The highest BCUT2D eigenvalue weighted by Crippen LogP contribution is 2.15. The molecule has 1 atom stereocenters. The summed E-state index contributed by atoms with van der Waals surface area (Å²) in [6, 6.07) is 0.590. The van der Waals surface area contributed by atoms with E-state index in [2.05, 4.69) is 29.6 Å². The van der Waals surface area contributed by atoms with Gasteiger partial charge in [-0.15, -0.1) is 0 Å². The summed E-state index contributed by atoms with van der Waals surface area (Å²) in [5.41, 5.74) is 0. The highest BCUT2D eigenvalue weighted by atomic mass is 15.1. The highest BCUT2D eigenvalue weighted by Gasteiger charge is 2.16. The standard InChI is InChI=1S/C10H16N2/c1-3-7-11-8-6-10-5-4-9-12(10)2/h3,6-8,10H,1,4-5,9H2,2H3/b8-6+,11-7?/t10-/m0/s1. The Morgan fingerprint density at radius 1 is 1.58 bits per heavy atom. The van der Waals surface area contributed by atoms with Gasteiger partial charge in [0.05, 0.1) is 0 Å². The smallest absolute Gasteiger partial charge is 0.0293 e. The van der Waals surface area contributed by atoms with E-state index in [0.717, 1.165) is 0 Å². The lowest BCUT2D eigenvalue weighted by atomic mass is 10.2. The summed E-state index contributed by atoms with van der Waals surface area (Å²) in [6.07, 6.45) is 9.95. The minimum atomic E-state index is 0.590. The van der Waals surface area contributed by atoms with E-state index >= 15 is 0 Å². The van der Waals surface area contributed by atoms with Gasteiger partial charge in [-0.1, -0.05) is 12.7 Å². The van der Waals surface area contributed by atoms with Crippen LogP contribution >= 0.6 is 0 Å². The molecule has 0 aromatic carbocycles. The average Bonchev–Trinajstić information content (AvgIpc) is 2.46. The zero-order valence-corrected chi connectivity index (χ0v) is 7.61. The molecule has 0 spiro atoms. The van der Waals surface area contributed by atoms with E-state index in [1.807, 2.05) is 6.20 Å². The molecule has 1 heterocycles. The van der Waals surface area contributed by atoms with E-state index in [9.17, 15) is 0 Å². The van der Waals surface area contributed by atoms with Crippen molar-refractivity contribution in [1.29, 1.82) is 0 Å². The van der Waals surface area contributed by atoms with Crippen molar-refractivity contribution in [2.45, 2.75) is 18.9 Å². The molecular formula is C10H16N2. The molecular weight excluding hydrogens is 148 g/mol. The number of hydrogen-bond donors (Lipinski definition) is 0. The predicted octanol–water partition coefficient (Wildman–Crippen LogP) is 1.85. The molecule has 1 aliphatic rings. The zero-order chi connectivity index (χ0) is 8.81. The van der Waals surface area contributed by atoms with Gasteiger partial charge < -0.3 is 0 Å². The number of likely N-dealkylation sites (tertiary alicyclic amines) is 1. The van der Waals surface area contributed by atoms with E-state index in [-0.39, 0.29) is 0 Å². The third kappa shape index (κ3) is 2.62. The molecule has 12 heavy (non-hydrogen) atoms. The van der Waals surface area contributed by atoms with Gasteiger partial charge in [0.1, 0.15) is 0 Å². The van der Waals surface area contributed by atoms with Gasteiger partial charge in [0.25, 0.3) is 0 Å². The van der Waals surface area contributed by atoms with E-state index < -0.39 is 0 Å². The fraction of sp³-hybridized carbons (Fsp3) is 0.500. The van der Waals surface area contributed by atoms with Crippen molar-refractivity contribution in [2.75, 3.05) is 13.6 Å². The van der Waals surface area contributed by atoms with Crippen molar-refractivity contribution in [2.24, 2.45) is 4.99 Å². The fourth-order valence-electron chi connectivity index (χ4n) is 1.44. The topological polar surface area (TPSA) is 15.6 Å². The van der Waals surface area contributed by atoms with Crippen LogP contribution in [0, 0.1) is 0 Å². The van der Waals surface area contributed by atoms with Crippen LogP contribution < -0.4 is 0 Å². The first-order chi connectivity index (χ1) is 5.84. The van der Waals surface area contributed by atoms with Gasteiger partial charge in [-0.25, -0.2) is 0 Å². The molecule has 2 heteroatoms. The van der Waals surface area contributed by atoms with Crippen LogP contribution in [0.15, 0.2) is 29.9 Å². The molecule has 1 rings (SSSR count). The molecule has 1 fully saturated rings. The molecule has 0 aromatic heterocycles. The van der Waals surface area contributed by atoms with Crippen LogP contribution in [0.4, 0.5) is 0 Å². The van der Waals surface area contributed by atoms with Crippen LogP contribution in [0.2, 0.25) is 0 Å². The van der Waals surface area contributed by atoms with Crippen LogP contribution in [0.3, 0.4) is 0 Å². The molecule has 1 aliphatic heterocycles. The Morgan fingerprint density at radius 2 is 2.42 bits per heavy atom. The van der Waals surface area contributed by atoms with Crippen LogP contribution in [0.5, 0.6) is 0 Å². The number of nitrogens with zero attached hydrogens (tertiary/aromatic N) is 2. The summed E-state index contributed by atoms with van der Waals surface area (Å²) in [5.74, 6) is 0. The summed E-state index contributed by atoms with van der Waals surface area (Å²) >= 11 is 0. The second kappa shape index (κ2) is 4.88. The van der Waals surface area contributed by atoms with Gasteiger partial charge in [-0.3, -0.25) is 9.89 Å². The monoisotopic (exact) mass is 164 g/mol. The Bertz CT molecular complexity index is 194. The van der Waals surface area contributed by atoms with Gasteiger partial charge in [0.15, 0.2) is 0 Å². The first-order valence-electron chi connectivity index (χ1n) is 4.35. The Hall–Kier alpha value is -0.890. The number of allylic oxidation sites excluding steroid dienone is 1. The van der Waals surface area contributed by atoms with Gasteiger partial charge in [-0.2, -0.15) is 0 Å². The Kier molecular flexibility index (Phi) is 3.74. The van der Waals surface area contributed by atoms with E-state index in [0.29, 0.717) is 6.04 Å². The van der Waals surface area contributed by atoms with Crippen LogP contribution in [-0.2, 0) is 0 Å². The maximum Gasteiger partial charge on any atom is 0.0293 e. The average molecular weight is 164 g/mol. The van der Waals surface area contributed by atoms with Crippen molar-refractivity contribution < 1.29 is 0 Å². The van der Waals surface area contributed by atoms with Crippen molar-refractivity contribution >= 4 is 6.21 Å². The Labute approximate surface area is 74.3 Å². The molecule has 1 saturated heterocycles. The summed E-state index contributed by atoms with van der Waals surface area (Å²) in [6.45, 7) is 4.76. The van der Waals surface area contributed by atoms with Crippen molar-refractivity contribution in [3.63, 3.8) is 0 Å². The van der Waals surface area contributed by atoms with Crippen LogP contribution in [-0.4, -0.2) is 30.7 Å². The van der Waals surface area contributed by atoms with E-state index in [1.54, 1.807) is 12.3 Å². The second-order valence-electron chi connectivity index (χ2n) is 3.07. The summed E-state index contributed by atoms with van der Waals surface area (Å²) < 4.78 is 0. The van der Waals surface area contributed by atoms with Crippen LogP contribution in [0.1, 0.15) is 12.8 Å². The first-order valence-corrected chi connectivity index (χ1v) is 4.35. The van der Waals surface area contributed by atoms with Gasteiger partial charge >= 0.3 is 0 Å². The molecule has 0 unspecified atom stereocenters. The highest BCUT2D eigenvalue weighted by molar-refractivity contribution is 5.70. The second-order valence-corrected chi connectivity index (χ2v) is 3.07. The SMILES string of the molecule is C=CC=N/C=C/[C@@H]1CCCN1C. The van der Waals surface area contributed by atoms with E-state index in [1.165, 1.54) is 19.4 Å². The van der Waals surface area contributed by atoms with Crippen molar-refractivity contribution in [3.05, 3.63) is 24.9 Å². The molecule has 0 aliphatic carbocycles. The summed E-state index contributed by atoms with van der Waals surface area (Å²) in [4.78, 5) is 6.38. The van der Waals surface area contributed by atoms with Gasteiger partial charge in [0.2, 0.25) is 0 Å². The number of hydrogen-bond acceptors (Lipinski definition) is 2. The van der Waals surface area contributed by atoms with Crippen molar-refractivity contribution in [1.82, 2.24) is 4.90 Å². The molecule has 0 N–H and O–H groups in total. The summed E-state index contributed by atoms with van der Waals surface area (Å²) in [5, 5.41) is 0. The maximum atomic E-state index is 4.04. The molecule has 0 saturated carbocycles. The quantitative estimate of drug-likeness (QED) is 0.581. The Morgan fingerprint density at radius 3 is 3.00 bits per heavy atom. The molecule has 66 valence electrons. The molecule has 0 amide bonds.